The van der Waals surface area contributed by atoms with E-state index in [1.54, 1.807) is 6.08 Å². The van der Waals surface area contributed by atoms with Crippen LogP contribution in [0.15, 0.2) is 35.1 Å². The molecule has 1 fully saturated rings. The Hall–Kier alpha value is -3.02. The third-order valence-corrected chi connectivity index (χ3v) is 5.24. The maximum atomic E-state index is 12.4. The van der Waals surface area contributed by atoms with Crippen molar-refractivity contribution in [2.24, 2.45) is 0 Å². The number of benzene rings is 1. The van der Waals surface area contributed by atoms with Crippen molar-refractivity contribution in [3.05, 3.63) is 63.1 Å². The molecule has 1 aromatic carbocycles. The minimum Gasteiger partial charge on any atom is -0.490 e. The lowest BCUT2D eigenvalue weighted by atomic mass is 10.1. The summed E-state index contributed by atoms with van der Waals surface area (Å²) in [6, 6.07) is 7.58. The number of carbonyl (C=O) groups excluding carboxylic acids is 1. The van der Waals surface area contributed by atoms with Gasteiger partial charge in [0.15, 0.2) is 11.5 Å². The Bertz CT molecular complexity index is 972. The number of aryl methyl sites for hydroxylation is 2. The third kappa shape index (κ3) is 5.53. The van der Waals surface area contributed by atoms with E-state index in [2.05, 4.69) is 10.3 Å². The number of amides is 1. The molecule has 6 nitrogen and oxygen atoms in total. The molecule has 0 radical (unpaired) electrons. The summed E-state index contributed by atoms with van der Waals surface area (Å²) >= 11 is 0. The van der Waals surface area contributed by atoms with Gasteiger partial charge in [0, 0.05) is 29.4 Å². The van der Waals surface area contributed by atoms with Crippen molar-refractivity contribution < 1.29 is 14.3 Å². The lowest BCUT2D eigenvalue weighted by Gasteiger charge is -2.18. The highest BCUT2D eigenvalue weighted by atomic mass is 16.5. The number of nitrogens with one attached hydrogen (secondary N) is 2. The first-order valence-corrected chi connectivity index (χ1v) is 10.6. The van der Waals surface area contributed by atoms with Crippen molar-refractivity contribution >= 4 is 12.0 Å². The Kier molecular flexibility index (Phi) is 7.33. The summed E-state index contributed by atoms with van der Waals surface area (Å²) in [7, 11) is 0. The van der Waals surface area contributed by atoms with Crippen LogP contribution < -0.4 is 20.3 Å². The molecule has 2 aromatic rings. The predicted octanol–water partition coefficient (Wildman–Crippen LogP) is 4.04. The second-order valence-electron chi connectivity index (χ2n) is 7.63. The lowest BCUT2D eigenvalue weighted by molar-refractivity contribution is -0.116. The summed E-state index contributed by atoms with van der Waals surface area (Å²) in [4.78, 5) is 27.2. The van der Waals surface area contributed by atoms with Gasteiger partial charge >= 0.3 is 0 Å². The highest BCUT2D eigenvalue weighted by Crippen LogP contribution is 2.35. The number of carbonyl (C=O) groups is 1. The highest BCUT2D eigenvalue weighted by Gasteiger charge is 2.20. The second-order valence-corrected chi connectivity index (χ2v) is 7.63. The van der Waals surface area contributed by atoms with Crippen LogP contribution in [-0.4, -0.2) is 23.6 Å². The van der Waals surface area contributed by atoms with Crippen LogP contribution in [0.3, 0.4) is 0 Å². The van der Waals surface area contributed by atoms with Crippen molar-refractivity contribution in [1.29, 1.82) is 0 Å². The first kappa shape index (κ1) is 21.7. The van der Waals surface area contributed by atoms with Crippen LogP contribution in [-0.2, 0) is 11.3 Å². The van der Waals surface area contributed by atoms with E-state index < -0.39 is 0 Å². The van der Waals surface area contributed by atoms with E-state index in [1.807, 2.05) is 45.0 Å². The maximum absolute atomic E-state index is 12.4. The third-order valence-electron chi connectivity index (χ3n) is 5.24. The molecule has 0 bridgehead atoms. The van der Waals surface area contributed by atoms with Gasteiger partial charge in [0.2, 0.25) is 5.91 Å². The Balaban J connectivity index is 1.72. The minimum absolute atomic E-state index is 0.173. The Morgan fingerprint density at radius 1 is 1.27 bits per heavy atom. The van der Waals surface area contributed by atoms with E-state index in [9.17, 15) is 9.59 Å². The van der Waals surface area contributed by atoms with Crippen molar-refractivity contribution in [2.75, 3.05) is 6.61 Å². The van der Waals surface area contributed by atoms with Crippen molar-refractivity contribution in [3.63, 3.8) is 0 Å². The summed E-state index contributed by atoms with van der Waals surface area (Å²) in [6.07, 6.45) is 7.80. The molecule has 1 aliphatic rings. The summed E-state index contributed by atoms with van der Waals surface area (Å²) in [5.74, 6) is 1.10. The van der Waals surface area contributed by atoms with E-state index in [0.717, 1.165) is 29.7 Å². The monoisotopic (exact) mass is 410 g/mol. The molecule has 30 heavy (non-hydrogen) atoms. The Morgan fingerprint density at radius 3 is 2.73 bits per heavy atom. The van der Waals surface area contributed by atoms with Gasteiger partial charge in [0.1, 0.15) is 0 Å². The molecule has 6 heteroatoms. The summed E-state index contributed by atoms with van der Waals surface area (Å²) in [5, 5.41) is 2.78. The average molecular weight is 411 g/mol. The molecule has 0 unspecified atom stereocenters. The second kappa shape index (κ2) is 10.1. The Morgan fingerprint density at radius 2 is 2.03 bits per heavy atom. The normalized spacial score (nSPS) is 14.2. The summed E-state index contributed by atoms with van der Waals surface area (Å²) in [6.45, 7) is 6.35. The van der Waals surface area contributed by atoms with Gasteiger partial charge in [0.05, 0.1) is 12.7 Å². The molecule has 1 aliphatic carbocycles. The SMILES string of the molecule is CCOc1cccc(/C=C/C(=O)NCc2c(C)cc(C)[nH]c2=O)c1OC1CCCC1. The van der Waals surface area contributed by atoms with Crippen LogP contribution in [0.4, 0.5) is 0 Å². The van der Waals surface area contributed by atoms with Gasteiger partial charge in [-0.15, -0.1) is 0 Å². The molecular weight excluding hydrogens is 380 g/mol. The average Bonchev–Trinajstić information content (AvgIpc) is 3.20. The topological polar surface area (TPSA) is 80.4 Å². The smallest absolute Gasteiger partial charge is 0.253 e. The molecule has 160 valence electrons. The molecule has 2 N–H and O–H groups in total. The number of para-hydroxylation sites is 1. The van der Waals surface area contributed by atoms with Crippen LogP contribution in [0.1, 0.15) is 55.0 Å². The minimum atomic E-state index is -0.275. The van der Waals surface area contributed by atoms with Crippen LogP contribution in [0.5, 0.6) is 11.5 Å². The van der Waals surface area contributed by atoms with Crippen molar-refractivity contribution in [3.8, 4) is 11.5 Å². The van der Waals surface area contributed by atoms with Crippen LogP contribution in [0.25, 0.3) is 6.08 Å². The predicted molar refractivity (Wildman–Crippen MR) is 118 cm³/mol. The number of aromatic amines is 1. The van der Waals surface area contributed by atoms with E-state index in [0.29, 0.717) is 23.7 Å². The van der Waals surface area contributed by atoms with Crippen LogP contribution in [0.2, 0.25) is 0 Å². The molecule has 0 spiro atoms. The molecule has 1 aromatic heterocycles. The molecule has 1 amide bonds. The maximum Gasteiger partial charge on any atom is 0.253 e. The molecule has 3 rings (SSSR count). The van der Waals surface area contributed by atoms with Gasteiger partial charge in [-0.2, -0.15) is 0 Å². The largest absolute Gasteiger partial charge is 0.490 e. The molecular formula is C24H30N2O4. The number of ether oxygens (including phenoxy) is 2. The van der Waals surface area contributed by atoms with Gasteiger partial charge in [-0.25, -0.2) is 0 Å². The lowest BCUT2D eigenvalue weighted by Crippen LogP contribution is -2.26. The van der Waals surface area contributed by atoms with Crippen molar-refractivity contribution in [1.82, 2.24) is 10.3 Å². The fourth-order valence-corrected chi connectivity index (χ4v) is 3.73. The van der Waals surface area contributed by atoms with E-state index in [4.69, 9.17) is 9.47 Å². The number of pyridine rings is 1. The van der Waals surface area contributed by atoms with Gasteiger partial charge < -0.3 is 19.8 Å². The number of rotatable bonds is 8. The van der Waals surface area contributed by atoms with Gasteiger partial charge in [-0.1, -0.05) is 12.1 Å². The number of hydrogen-bond acceptors (Lipinski definition) is 4. The van der Waals surface area contributed by atoms with Crippen molar-refractivity contribution in [2.45, 2.75) is 59.1 Å². The summed E-state index contributed by atoms with van der Waals surface area (Å²) in [5.41, 5.74) is 2.85. The first-order valence-electron chi connectivity index (χ1n) is 10.6. The zero-order valence-electron chi connectivity index (χ0n) is 17.9. The zero-order chi connectivity index (χ0) is 21.5. The van der Waals surface area contributed by atoms with E-state index in [1.165, 1.54) is 18.9 Å². The number of H-pyrrole nitrogens is 1. The fraction of sp³-hybridized carbons (Fsp3) is 0.417. The molecule has 1 saturated carbocycles. The first-order chi connectivity index (χ1) is 14.5. The van der Waals surface area contributed by atoms with E-state index in [-0.39, 0.29) is 24.1 Å². The van der Waals surface area contributed by atoms with Crippen LogP contribution in [0, 0.1) is 13.8 Å². The van der Waals surface area contributed by atoms with Gasteiger partial charge in [-0.05, 0) is 70.2 Å². The molecule has 0 atom stereocenters. The van der Waals surface area contributed by atoms with Crippen LogP contribution >= 0.6 is 0 Å². The summed E-state index contributed by atoms with van der Waals surface area (Å²) < 4.78 is 12.0. The highest BCUT2D eigenvalue weighted by molar-refractivity contribution is 5.92. The Labute approximate surface area is 177 Å². The van der Waals surface area contributed by atoms with Gasteiger partial charge in [0.25, 0.3) is 5.56 Å². The molecule has 0 aliphatic heterocycles. The van der Waals surface area contributed by atoms with Gasteiger partial charge in [-0.3, -0.25) is 9.59 Å². The zero-order valence-corrected chi connectivity index (χ0v) is 17.9. The number of aromatic nitrogens is 1. The standard InChI is InChI=1S/C24H30N2O4/c1-4-29-21-11-7-8-18(23(21)30-19-9-5-6-10-19)12-13-22(27)25-15-20-16(2)14-17(3)26-24(20)28/h7-8,11-14,19H,4-6,9-10,15H2,1-3H3,(H,25,27)(H,26,28)/b13-12+. The van der Waals surface area contributed by atoms with E-state index >= 15 is 0 Å². The molecule has 1 heterocycles. The fourth-order valence-electron chi connectivity index (χ4n) is 3.73. The quantitative estimate of drug-likeness (QED) is 0.644. The number of hydrogen-bond donors (Lipinski definition) is 2. The molecule has 0 saturated heterocycles.